The highest BCUT2D eigenvalue weighted by molar-refractivity contribution is 9.10. The summed E-state index contributed by atoms with van der Waals surface area (Å²) in [7, 11) is 1.63. The highest BCUT2D eigenvalue weighted by Gasteiger charge is 2.38. The van der Waals surface area contributed by atoms with Crippen LogP contribution in [0.25, 0.3) is 0 Å². The molecule has 152 valence electrons. The fourth-order valence-corrected chi connectivity index (χ4v) is 4.27. The van der Waals surface area contributed by atoms with Gasteiger partial charge >= 0.3 is 0 Å². The molecule has 3 rings (SSSR count). The third-order valence-electron chi connectivity index (χ3n) is 4.23. The van der Waals surface area contributed by atoms with Crippen LogP contribution in [0.2, 0.25) is 0 Å². The molecule has 1 saturated heterocycles. The maximum absolute atomic E-state index is 12.9. The third kappa shape index (κ3) is 6.16. The second-order valence-corrected chi connectivity index (χ2v) is 8.52. The lowest BCUT2D eigenvalue weighted by atomic mass is 10.2. The lowest BCUT2D eigenvalue weighted by molar-refractivity contribution is -0.128. The van der Waals surface area contributed by atoms with Crippen LogP contribution in [0.1, 0.15) is 12.8 Å². The summed E-state index contributed by atoms with van der Waals surface area (Å²) < 4.78 is 6.04. The number of hydrogen-bond donors (Lipinski definition) is 1. The van der Waals surface area contributed by atoms with Gasteiger partial charge in [-0.25, -0.2) is 4.99 Å². The Balaban J connectivity index is 1.70. The number of methoxy groups -OCH3 is 1. The minimum Gasteiger partial charge on any atom is -0.385 e. The van der Waals surface area contributed by atoms with Crippen molar-refractivity contribution in [1.29, 1.82) is 0 Å². The fourth-order valence-electron chi connectivity index (χ4n) is 2.82. The molecule has 0 saturated carbocycles. The highest BCUT2D eigenvalue weighted by Crippen LogP contribution is 2.32. The first-order valence-corrected chi connectivity index (χ1v) is 10.9. The molecular formula is C21H22BrN3O3S. The molecule has 2 aromatic rings. The Kier molecular flexibility index (Phi) is 7.85. The maximum Gasteiger partial charge on any atom is 0.242 e. The fraction of sp³-hybridized carbons (Fsp3) is 0.286. The summed E-state index contributed by atoms with van der Waals surface area (Å²) in [6.07, 6.45) is 0.794. The molecule has 2 aromatic carbocycles. The van der Waals surface area contributed by atoms with Crippen molar-refractivity contribution in [3.05, 3.63) is 59.1 Å². The van der Waals surface area contributed by atoms with E-state index in [1.165, 1.54) is 11.8 Å². The van der Waals surface area contributed by atoms with Gasteiger partial charge in [0.15, 0.2) is 5.17 Å². The van der Waals surface area contributed by atoms with E-state index >= 15 is 0 Å². The molecule has 1 fully saturated rings. The first kappa shape index (κ1) is 21.5. The van der Waals surface area contributed by atoms with Crippen molar-refractivity contribution in [3.8, 4) is 0 Å². The minimum atomic E-state index is -0.490. The van der Waals surface area contributed by atoms with Crippen molar-refractivity contribution in [3.63, 3.8) is 0 Å². The van der Waals surface area contributed by atoms with Crippen LogP contribution in [0, 0.1) is 0 Å². The van der Waals surface area contributed by atoms with Crippen LogP contribution in [0.15, 0.2) is 64.1 Å². The van der Waals surface area contributed by atoms with E-state index in [1.54, 1.807) is 12.0 Å². The van der Waals surface area contributed by atoms with E-state index in [9.17, 15) is 9.59 Å². The molecule has 0 spiro atoms. The third-order valence-corrected chi connectivity index (χ3v) is 5.93. The Morgan fingerprint density at radius 1 is 1.21 bits per heavy atom. The standard InChI is InChI=1S/C21H22BrN3O3S/c1-28-13-5-12-25-20(27)18(29-21(25)24-16-6-3-2-4-7-16)14-19(26)23-17-10-8-15(22)9-11-17/h2-4,6-11,18H,5,12-14H2,1H3,(H,23,26). The number of aliphatic imine (C=N–C) groups is 1. The monoisotopic (exact) mass is 475 g/mol. The number of para-hydroxylation sites is 1. The van der Waals surface area contributed by atoms with Gasteiger partial charge in [-0.2, -0.15) is 0 Å². The second-order valence-electron chi connectivity index (χ2n) is 6.43. The van der Waals surface area contributed by atoms with E-state index in [0.717, 1.165) is 10.2 Å². The lowest BCUT2D eigenvalue weighted by Gasteiger charge is -2.16. The van der Waals surface area contributed by atoms with Gasteiger partial charge in [-0.3, -0.25) is 14.5 Å². The zero-order valence-electron chi connectivity index (χ0n) is 16.0. The molecule has 0 aromatic heterocycles. The van der Waals surface area contributed by atoms with Crippen LogP contribution < -0.4 is 5.32 Å². The van der Waals surface area contributed by atoms with Crippen molar-refractivity contribution in [1.82, 2.24) is 4.90 Å². The summed E-state index contributed by atoms with van der Waals surface area (Å²) >= 11 is 4.71. The summed E-state index contributed by atoms with van der Waals surface area (Å²) in [5, 5.41) is 2.98. The molecule has 1 N–H and O–H groups in total. The number of benzene rings is 2. The molecule has 1 atom stereocenters. The number of anilines is 1. The number of amidine groups is 1. The van der Waals surface area contributed by atoms with E-state index in [4.69, 9.17) is 4.74 Å². The Morgan fingerprint density at radius 2 is 1.93 bits per heavy atom. The molecule has 0 bridgehead atoms. The zero-order chi connectivity index (χ0) is 20.6. The van der Waals surface area contributed by atoms with Gasteiger partial charge in [0.05, 0.1) is 5.69 Å². The van der Waals surface area contributed by atoms with Gasteiger partial charge in [0.25, 0.3) is 0 Å². The number of carbonyl (C=O) groups is 2. The second kappa shape index (κ2) is 10.6. The van der Waals surface area contributed by atoms with Gasteiger partial charge in [0.1, 0.15) is 5.25 Å². The van der Waals surface area contributed by atoms with Gasteiger partial charge in [0, 0.05) is 36.8 Å². The van der Waals surface area contributed by atoms with Crippen LogP contribution in [0.5, 0.6) is 0 Å². The van der Waals surface area contributed by atoms with Crippen molar-refractivity contribution in [2.45, 2.75) is 18.1 Å². The Labute approximate surface area is 182 Å². The largest absolute Gasteiger partial charge is 0.385 e. The SMILES string of the molecule is COCCCN1C(=O)C(CC(=O)Nc2ccc(Br)cc2)SC1=Nc1ccccc1. The molecule has 1 aliphatic heterocycles. The molecule has 2 amide bonds. The van der Waals surface area contributed by atoms with Crippen molar-refractivity contribution in [2.24, 2.45) is 4.99 Å². The predicted octanol–water partition coefficient (Wildman–Crippen LogP) is 4.45. The number of halogens is 1. The minimum absolute atomic E-state index is 0.0910. The predicted molar refractivity (Wildman–Crippen MR) is 121 cm³/mol. The number of rotatable bonds is 8. The molecule has 1 unspecified atom stereocenters. The van der Waals surface area contributed by atoms with E-state index in [2.05, 4.69) is 26.2 Å². The number of hydrogen-bond acceptors (Lipinski definition) is 5. The maximum atomic E-state index is 12.9. The van der Waals surface area contributed by atoms with E-state index in [1.807, 2.05) is 54.6 Å². The van der Waals surface area contributed by atoms with Crippen molar-refractivity contribution < 1.29 is 14.3 Å². The highest BCUT2D eigenvalue weighted by atomic mass is 79.9. The first-order chi connectivity index (χ1) is 14.1. The van der Waals surface area contributed by atoms with E-state index in [0.29, 0.717) is 30.4 Å². The average molecular weight is 476 g/mol. The van der Waals surface area contributed by atoms with Gasteiger partial charge < -0.3 is 10.1 Å². The van der Waals surface area contributed by atoms with Crippen LogP contribution in [0.4, 0.5) is 11.4 Å². The number of amides is 2. The summed E-state index contributed by atoms with van der Waals surface area (Å²) in [5.74, 6) is -0.289. The number of ether oxygens (including phenoxy) is 1. The Morgan fingerprint density at radius 3 is 2.62 bits per heavy atom. The average Bonchev–Trinajstić information content (AvgIpc) is 2.99. The molecule has 8 heteroatoms. The molecule has 1 heterocycles. The topological polar surface area (TPSA) is 71.0 Å². The molecule has 0 aliphatic carbocycles. The Bertz CT molecular complexity index is 874. The van der Waals surface area contributed by atoms with Crippen molar-refractivity contribution >= 4 is 56.0 Å². The van der Waals surface area contributed by atoms with Gasteiger partial charge in [-0.05, 0) is 42.8 Å². The van der Waals surface area contributed by atoms with E-state index in [-0.39, 0.29) is 18.2 Å². The van der Waals surface area contributed by atoms with Gasteiger partial charge in [-0.1, -0.05) is 45.9 Å². The summed E-state index contributed by atoms with van der Waals surface area (Å²) in [6, 6.07) is 16.8. The number of thioether (sulfide) groups is 1. The number of nitrogens with one attached hydrogen (secondary N) is 1. The van der Waals surface area contributed by atoms with Crippen LogP contribution in [-0.4, -0.2) is 47.4 Å². The van der Waals surface area contributed by atoms with Crippen LogP contribution in [0.3, 0.4) is 0 Å². The number of carbonyl (C=O) groups excluding carboxylic acids is 2. The van der Waals surface area contributed by atoms with E-state index < -0.39 is 5.25 Å². The number of nitrogens with zero attached hydrogens (tertiary/aromatic N) is 2. The molecular weight excluding hydrogens is 454 g/mol. The molecule has 1 aliphatic rings. The van der Waals surface area contributed by atoms with Gasteiger partial charge in [-0.15, -0.1) is 0 Å². The smallest absolute Gasteiger partial charge is 0.242 e. The normalized spacial score (nSPS) is 17.7. The van der Waals surface area contributed by atoms with Crippen LogP contribution in [-0.2, 0) is 14.3 Å². The Hall–Kier alpha value is -2.16. The summed E-state index contributed by atoms with van der Waals surface area (Å²) in [4.78, 5) is 31.7. The first-order valence-electron chi connectivity index (χ1n) is 9.23. The van der Waals surface area contributed by atoms with Gasteiger partial charge in [0.2, 0.25) is 11.8 Å². The van der Waals surface area contributed by atoms with Crippen LogP contribution >= 0.6 is 27.7 Å². The zero-order valence-corrected chi connectivity index (χ0v) is 18.4. The summed E-state index contributed by atoms with van der Waals surface area (Å²) in [5.41, 5.74) is 1.48. The summed E-state index contributed by atoms with van der Waals surface area (Å²) in [6.45, 7) is 1.07. The quantitative estimate of drug-likeness (QED) is 0.572. The lowest BCUT2D eigenvalue weighted by Crippen LogP contribution is -2.34. The van der Waals surface area contributed by atoms with Crippen molar-refractivity contribution in [2.75, 3.05) is 25.6 Å². The molecule has 29 heavy (non-hydrogen) atoms. The molecule has 6 nitrogen and oxygen atoms in total. The molecule has 0 radical (unpaired) electrons.